The molecule has 0 saturated heterocycles. The molecule has 0 heterocycles. The van der Waals surface area contributed by atoms with Crippen LogP contribution in [-0.2, 0) is 19.6 Å². The SMILES string of the molecule is Cc1cc(C)cc(CN(Cc2cc(Br)c(O)c(Br)c2)Cc2cc(Br)c(O)c(Br)c2)c1. The molecule has 0 aliphatic carbocycles. The summed E-state index contributed by atoms with van der Waals surface area (Å²) >= 11 is 13.7. The van der Waals surface area contributed by atoms with E-state index < -0.39 is 0 Å². The molecule has 0 atom stereocenters. The number of phenolic OH excluding ortho intramolecular Hbond substituents is 2. The first kappa shape index (κ1) is 23.8. The van der Waals surface area contributed by atoms with Crippen molar-refractivity contribution in [3.05, 3.63) is 88.2 Å². The van der Waals surface area contributed by atoms with E-state index in [1.807, 2.05) is 24.3 Å². The number of aromatic hydroxyl groups is 2. The Morgan fingerprint density at radius 3 is 1.20 bits per heavy atom. The van der Waals surface area contributed by atoms with Crippen molar-refractivity contribution in [3.63, 3.8) is 0 Å². The monoisotopic (exact) mass is 659 g/mol. The number of benzene rings is 3. The molecule has 30 heavy (non-hydrogen) atoms. The molecule has 0 amide bonds. The van der Waals surface area contributed by atoms with E-state index in [0.29, 0.717) is 31.0 Å². The molecule has 0 fully saturated rings. The Hall–Kier alpha value is -0.860. The van der Waals surface area contributed by atoms with Crippen molar-refractivity contribution >= 4 is 63.7 Å². The lowest BCUT2D eigenvalue weighted by atomic mass is 10.1. The Labute approximate surface area is 210 Å². The van der Waals surface area contributed by atoms with Crippen LogP contribution in [0.25, 0.3) is 0 Å². The summed E-state index contributed by atoms with van der Waals surface area (Å²) in [6.45, 7) is 6.39. The molecule has 158 valence electrons. The molecule has 3 aromatic carbocycles. The highest BCUT2D eigenvalue weighted by Gasteiger charge is 2.14. The minimum atomic E-state index is 0.200. The zero-order chi connectivity index (χ0) is 22.0. The second kappa shape index (κ2) is 10.2. The minimum Gasteiger partial charge on any atom is -0.506 e. The second-order valence-electron chi connectivity index (χ2n) is 7.46. The van der Waals surface area contributed by atoms with Gasteiger partial charge in [-0.25, -0.2) is 0 Å². The van der Waals surface area contributed by atoms with Crippen LogP contribution in [0.5, 0.6) is 11.5 Å². The second-order valence-corrected chi connectivity index (χ2v) is 10.9. The average molecular weight is 663 g/mol. The lowest BCUT2D eigenvalue weighted by Crippen LogP contribution is -2.22. The van der Waals surface area contributed by atoms with E-state index in [0.717, 1.165) is 17.7 Å². The van der Waals surface area contributed by atoms with Crippen LogP contribution in [0.3, 0.4) is 0 Å². The van der Waals surface area contributed by atoms with Crippen LogP contribution in [0.15, 0.2) is 60.4 Å². The van der Waals surface area contributed by atoms with Crippen LogP contribution in [0.1, 0.15) is 27.8 Å². The zero-order valence-electron chi connectivity index (χ0n) is 16.5. The lowest BCUT2D eigenvalue weighted by Gasteiger charge is -2.24. The van der Waals surface area contributed by atoms with Gasteiger partial charge in [0, 0.05) is 19.6 Å². The van der Waals surface area contributed by atoms with E-state index in [1.54, 1.807) is 0 Å². The van der Waals surface area contributed by atoms with Crippen molar-refractivity contribution in [2.45, 2.75) is 33.5 Å². The molecule has 0 bridgehead atoms. The largest absolute Gasteiger partial charge is 0.506 e. The minimum absolute atomic E-state index is 0.200. The van der Waals surface area contributed by atoms with Crippen LogP contribution in [-0.4, -0.2) is 15.1 Å². The maximum absolute atomic E-state index is 10.0. The Kier molecular flexibility index (Phi) is 8.07. The molecular formula is C23H21Br4NO2. The number of hydrogen-bond acceptors (Lipinski definition) is 3. The molecule has 0 aromatic heterocycles. The smallest absolute Gasteiger partial charge is 0.143 e. The van der Waals surface area contributed by atoms with E-state index in [1.165, 1.54) is 16.7 Å². The summed E-state index contributed by atoms with van der Waals surface area (Å²) in [6.07, 6.45) is 0. The third-order valence-corrected chi connectivity index (χ3v) is 7.07. The number of nitrogens with zero attached hydrogens (tertiary/aromatic N) is 1. The molecule has 7 heteroatoms. The molecule has 0 spiro atoms. The number of hydrogen-bond donors (Lipinski definition) is 2. The number of rotatable bonds is 6. The predicted octanol–water partition coefficient (Wildman–Crippen LogP) is 7.97. The third-order valence-electron chi connectivity index (χ3n) is 4.65. The van der Waals surface area contributed by atoms with Gasteiger partial charge in [-0.15, -0.1) is 0 Å². The first-order valence-corrected chi connectivity index (χ1v) is 12.4. The van der Waals surface area contributed by atoms with Crippen molar-refractivity contribution < 1.29 is 10.2 Å². The number of aryl methyl sites for hydroxylation is 2. The van der Waals surface area contributed by atoms with E-state index in [-0.39, 0.29) is 11.5 Å². The summed E-state index contributed by atoms with van der Waals surface area (Å²) in [4.78, 5) is 2.34. The Morgan fingerprint density at radius 1 is 0.567 bits per heavy atom. The summed E-state index contributed by atoms with van der Waals surface area (Å²) < 4.78 is 2.64. The van der Waals surface area contributed by atoms with Crippen molar-refractivity contribution in [1.29, 1.82) is 0 Å². The first-order valence-electron chi connectivity index (χ1n) is 9.25. The van der Waals surface area contributed by atoms with Crippen LogP contribution < -0.4 is 0 Å². The fourth-order valence-electron chi connectivity index (χ4n) is 3.52. The summed E-state index contributed by atoms with van der Waals surface area (Å²) in [6, 6.07) is 14.4. The molecule has 0 aliphatic heterocycles. The Balaban J connectivity index is 1.93. The van der Waals surface area contributed by atoms with Crippen molar-refractivity contribution in [2.75, 3.05) is 0 Å². The quantitative estimate of drug-likeness (QED) is 0.282. The highest BCUT2D eigenvalue weighted by Crippen LogP contribution is 2.35. The van der Waals surface area contributed by atoms with Crippen LogP contribution in [0, 0.1) is 13.8 Å². The maximum atomic E-state index is 10.0. The summed E-state index contributed by atoms with van der Waals surface area (Å²) in [7, 11) is 0. The predicted molar refractivity (Wildman–Crippen MR) is 136 cm³/mol. The van der Waals surface area contributed by atoms with Crippen LogP contribution in [0.4, 0.5) is 0 Å². The topological polar surface area (TPSA) is 43.7 Å². The average Bonchev–Trinajstić information content (AvgIpc) is 2.63. The van der Waals surface area contributed by atoms with Gasteiger partial charge in [0.05, 0.1) is 17.9 Å². The molecular weight excluding hydrogens is 642 g/mol. The third kappa shape index (κ3) is 6.10. The highest BCUT2D eigenvalue weighted by atomic mass is 79.9. The standard InChI is InChI=1S/C23H21Br4NO2/c1-13-3-14(2)5-15(4-13)10-28(11-16-6-18(24)22(29)19(25)7-16)12-17-8-20(26)23(30)21(27)9-17/h3-9,29-30H,10-12H2,1-2H3. The van der Waals surface area contributed by atoms with Crippen molar-refractivity contribution in [1.82, 2.24) is 4.90 Å². The van der Waals surface area contributed by atoms with Gasteiger partial charge in [-0.05, 0) is 119 Å². The van der Waals surface area contributed by atoms with E-state index in [9.17, 15) is 10.2 Å². The lowest BCUT2D eigenvalue weighted by molar-refractivity contribution is 0.247. The zero-order valence-corrected chi connectivity index (χ0v) is 22.9. The van der Waals surface area contributed by atoms with Gasteiger partial charge in [0.15, 0.2) is 0 Å². The summed E-state index contributed by atoms with van der Waals surface area (Å²) in [5.41, 5.74) is 5.90. The van der Waals surface area contributed by atoms with Crippen molar-refractivity contribution in [2.24, 2.45) is 0 Å². The Bertz CT molecular complexity index is 959. The van der Waals surface area contributed by atoms with Gasteiger partial charge < -0.3 is 10.2 Å². The van der Waals surface area contributed by atoms with Gasteiger partial charge in [-0.1, -0.05) is 29.3 Å². The molecule has 3 aromatic rings. The molecule has 3 rings (SSSR count). The fourth-order valence-corrected chi connectivity index (χ4v) is 6.08. The summed E-state index contributed by atoms with van der Waals surface area (Å²) in [5, 5.41) is 20.1. The Morgan fingerprint density at radius 2 is 0.867 bits per heavy atom. The summed E-state index contributed by atoms with van der Waals surface area (Å²) in [5.74, 6) is 0.400. The van der Waals surface area contributed by atoms with Gasteiger partial charge in [0.1, 0.15) is 11.5 Å². The van der Waals surface area contributed by atoms with Gasteiger partial charge in [0.25, 0.3) is 0 Å². The molecule has 0 radical (unpaired) electrons. The van der Waals surface area contributed by atoms with E-state index in [4.69, 9.17) is 0 Å². The first-order chi connectivity index (χ1) is 14.1. The molecule has 0 saturated carbocycles. The fraction of sp³-hybridized carbons (Fsp3) is 0.217. The van der Waals surface area contributed by atoms with E-state index in [2.05, 4.69) is 101 Å². The molecule has 2 N–H and O–H groups in total. The highest BCUT2D eigenvalue weighted by molar-refractivity contribution is 9.11. The van der Waals surface area contributed by atoms with E-state index >= 15 is 0 Å². The molecule has 0 unspecified atom stereocenters. The molecule has 3 nitrogen and oxygen atoms in total. The normalized spacial score (nSPS) is 11.3. The van der Waals surface area contributed by atoms with Gasteiger partial charge in [0.2, 0.25) is 0 Å². The van der Waals surface area contributed by atoms with Crippen molar-refractivity contribution in [3.8, 4) is 11.5 Å². The maximum Gasteiger partial charge on any atom is 0.143 e. The molecule has 0 aliphatic rings. The van der Waals surface area contributed by atoms with Gasteiger partial charge >= 0.3 is 0 Å². The van der Waals surface area contributed by atoms with Crippen LogP contribution >= 0.6 is 63.7 Å². The number of phenols is 2. The van der Waals surface area contributed by atoms with Gasteiger partial charge in [-0.2, -0.15) is 0 Å². The van der Waals surface area contributed by atoms with Gasteiger partial charge in [-0.3, -0.25) is 4.90 Å². The number of halogens is 4. The van der Waals surface area contributed by atoms with Crippen LogP contribution in [0.2, 0.25) is 0 Å².